The first-order valence-electron chi connectivity index (χ1n) is 10.7. The van der Waals surface area contributed by atoms with Gasteiger partial charge in [0.25, 0.3) is 5.91 Å². The number of carbonyl (C=O) groups excluding carboxylic acids is 2. The molecule has 0 spiro atoms. The predicted molar refractivity (Wildman–Crippen MR) is 141 cm³/mol. The van der Waals surface area contributed by atoms with Crippen LogP contribution in [0.5, 0.6) is 0 Å². The minimum Gasteiger partial charge on any atom is -0.468 e. The van der Waals surface area contributed by atoms with E-state index in [1.165, 1.54) is 54.1 Å². The van der Waals surface area contributed by atoms with E-state index in [-0.39, 0.29) is 23.5 Å². The van der Waals surface area contributed by atoms with E-state index in [2.05, 4.69) is 20.9 Å². The second-order valence-corrected chi connectivity index (χ2v) is 11.8. The van der Waals surface area contributed by atoms with Crippen molar-refractivity contribution in [3.63, 3.8) is 0 Å². The summed E-state index contributed by atoms with van der Waals surface area (Å²) >= 11 is 4.69. The second kappa shape index (κ2) is 10.9. The van der Waals surface area contributed by atoms with E-state index >= 15 is 0 Å². The lowest BCUT2D eigenvalue weighted by Gasteiger charge is -2.17. The van der Waals surface area contributed by atoms with Crippen LogP contribution in [0.25, 0.3) is 10.2 Å². The monoisotopic (exact) mass is 587 g/mol. The smallest absolute Gasteiger partial charge is 0.325 e. The van der Waals surface area contributed by atoms with Gasteiger partial charge in [-0.1, -0.05) is 57.6 Å². The van der Waals surface area contributed by atoms with Crippen LogP contribution in [-0.2, 0) is 32.6 Å². The van der Waals surface area contributed by atoms with Crippen LogP contribution >= 0.6 is 27.3 Å². The van der Waals surface area contributed by atoms with Gasteiger partial charge in [0.1, 0.15) is 6.54 Å². The average Bonchev–Trinajstić information content (AvgIpc) is 3.19. The molecule has 36 heavy (non-hydrogen) atoms. The van der Waals surface area contributed by atoms with E-state index in [0.717, 1.165) is 20.3 Å². The number of esters is 1. The Balaban J connectivity index is 1.62. The van der Waals surface area contributed by atoms with Gasteiger partial charge in [-0.3, -0.25) is 9.59 Å². The highest BCUT2D eigenvalue weighted by Crippen LogP contribution is 2.23. The van der Waals surface area contributed by atoms with Crippen LogP contribution in [0.15, 0.2) is 87.2 Å². The number of hydrogen-bond acceptors (Lipinski definition) is 6. The Morgan fingerprint density at radius 3 is 2.42 bits per heavy atom. The number of hydrogen-bond donors (Lipinski definition) is 0. The number of carbonyl (C=O) groups is 2. The summed E-state index contributed by atoms with van der Waals surface area (Å²) in [6, 6.07) is 20.5. The van der Waals surface area contributed by atoms with E-state index in [9.17, 15) is 18.0 Å². The summed E-state index contributed by atoms with van der Waals surface area (Å²) in [5.41, 5.74) is 1.83. The molecule has 0 aliphatic heterocycles. The molecule has 1 amide bonds. The number of fused-ring (bicyclic) bond motifs is 1. The fourth-order valence-electron chi connectivity index (χ4n) is 3.51. The summed E-state index contributed by atoms with van der Waals surface area (Å²) in [5.74, 6) is -1.03. The number of rotatable bonds is 7. The highest BCUT2D eigenvalue weighted by molar-refractivity contribution is 9.10. The first-order chi connectivity index (χ1) is 17.2. The Bertz CT molecular complexity index is 1590. The van der Waals surface area contributed by atoms with Gasteiger partial charge >= 0.3 is 5.97 Å². The largest absolute Gasteiger partial charge is 0.468 e. The normalized spacial score (nSPS) is 12.3. The van der Waals surface area contributed by atoms with Crippen LogP contribution in [0.3, 0.4) is 0 Å². The molecule has 0 saturated carbocycles. The highest BCUT2D eigenvalue weighted by atomic mass is 79.9. The van der Waals surface area contributed by atoms with Gasteiger partial charge < -0.3 is 9.30 Å². The minimum atomic E-state index is -3.75. The molecule has 3 aromatic carbocycles. The van der Waals surface area contributed by atoms with Gasteiger partial charge in [0.05, 0.1) is 22.2 Å². The Morgan fingerprint density at radius 1 is 1.06 bits per heavy atom. The summed E-state index contributed by atoms with van der Waals surface area (Å²) in [6.45, 7) is 0.122. The molecule has 0 N–H and O–H groups in total. The van der Waals surface area contributed by atoms with Crippen molar-refractivity contribution in [2.24, 2.45) is 4.99 Å². The van der Waals surface area contributed by atoms with E-state index < -0.39 is 21.9 Å². The number of ether oxygens (including phenoxy) is 1. The molecular formula is C25H22BrN3O5S2. The van der Waals surface area contributed by atoms with Gasteiger partial charge in [-0.05, 0) is 48.0 Å². The maximum Gasteiger partial charge on any atom is 0.325 e. The lowest BCUT2D eigenvalue weighted by Crippen LogP contribution is -2.26. The molecule has 1 aromatic heterocycles. The Hall–Kier alpha value is -3.12. The number of thiazole rings is 1. The Labute approximate surface area is 220 Å². The number of amides is 1. The van der Waals surface area contributed by atoms with Crippen molar-refractivity contribution in [1.29, 1.82) is 0 Å². The fraction of sp³-hybridized carbons (Fsp3) is 0.160. The number of aromatic nitrogens is 1. The quantitative estimate of drug-likeness (QED) is 0.302. The van der Waals surface area contributed by atoms with Crippen LogP contribution in [-0.4, -0.2) is 43.3 Å². The standard InChI is InChI=1S/C25H22BrN3O5S2/c1-28(15-17-6-4-3-5-7-17)36(32,33)20-11-8-18(9-12-20)24(31)27-25-29(16-23(30)34-2)21-13-10-19(26)14-22(21)35-25/h3-14H,15-16H2,1-2H3. The van der Waals surface area contributed by atoms with Gasteiger partial charge in [-0.15, -0.1) is 0 Å². The molecule has 0 bridgehead atoms. The maximum absolute atomic E-state index is 13.0. The number of nitrogens with zero attached hydrogens (tertiary/aromatic N) is 3. The Kier molecular flexibility index (Phi) is 7.84. The third-order valence-electron chi connectivity index (χ3n) is 5.41. The highest BCUT2D eigenvalue weighted by Gasteiger charge is 2.21. The molecule has 0 fully saturated rings. The maximum atomic E-state index is 13.0. The molecule has 0 saturated heterocycles. The zero-order valence-electron chi connectivity index (χ0n) is 19.4. The average molecular weight is 589 g/mol. The number of benzene rings is 3. The second-order valence-electron chi connectivity index (χ2n) is 7.85. The third-order valence-corrected chi connectivity index (χ3v) is 8.77. The van der Waals surface area contributed by atoms with Gasteiger partial charge in [-0.25, -0.2) is 8.42 Å². The summed E-state index contributed by atoms with van der Waals surface area (Å²) in [5, 5.41) is 0. The van der Waals surface area contributed by atoms with Crippen LogP contribution in [0.4, 0.5) is 0 Å². The van der Waals surface area contributed by atoms with E-state index in [4.69, 9.17) is 4.74 Å². The van der Waals surface area contributed by atoms with E-state index in [1.807, 2.05) is 48.5 Å². The molecule has 186 valence electrons. The van der Waals surface area contributed by atoms with E-state index in [1.54, 1.807) is 4.57 Å². The number of halogens is 1. The molecule has 1 heterocycles. The molecule has 0 aliphatic rings. The zero-order chi connectivity index (χ0) is 25.9. The summed E-state index contributed by atoms with van der Waals surface area (Å²) in [7, 11) is -0.944. The van der Waals surface area contributed by atoms with Crippen molar-refractivity contribution < 1.29 is 22.7 Å². The first kappa shape index (κ1) is 26.0. The summed E-state index contributed by atoms with van der Waals surface area (Å²) in [4.78, 5) is 29.5. The van der Waals surface area contributed by atoms with Gasteiger partial charge in [0, 0.05) is 23.6 Å². The molecule has 0 atom stereocenters. The molecule has 0 radical (unpaired) electrons. The first-order valence-corrected chi connectivity index (χ1v) is 13.8. The van der Waals surface area contributed by atoms with Crippen molar-refractivity contribution in [2.75, 3.05) is 14.2 Å². The van der Waals surface area contributed by atoms with Crippen molar-refractivity contribution in [2.45, 2.75) is 18.0 Å². The van der Waals surface area contributed by atoms with E-state index in [0.29, 0.717) is 4.80 Å². The third kappa shape index (κ3) is 5.65. The number of sulfonamides is 1. The minimum absolute atomic E-state index is 0.0740. The molecule has 11 heteroatoms. The molecule has 4 rings (SSSR count). The molecule has 8 nitrogen and oxygen atoms in total. The van der Waals surface area contributed by atoms with Crippen molar-refractivity contribution in [3.05, 3.63) is 93.2 Å². The lowest BCUT2D eigenvalue weighted by molar-refractivity contribution is -0.141. The zero-order valence-corrected chi connectivity index (χ0v) is 22.6. The summed E-state index contributed by atoms with van der Waals surface area (Å²) in [6.07, 6.45) is 0. The molecular weight excluding hydrogens is 566 g/mol. The topological polar surface area (TPSA) is 98.0 Å². The van der Waals surface area contributed by atoms with Gasteiger partial charge in [0.2, 0.25) is 10.0 Å². The predicted octanol–water partition coefficient (Wildman–Crippen LogP) is 4.20. The van der Waals surface area contributed by atoms with Crippen molar-refractivity contribution in [1.82, 2.24) is 8.87 Å². The SMILES string of the molecule is COC(=O)Cn1c(=NC(=O)c2ccc(S(=O)(=O)N(C)Cc3ccccc3)cc2)sc2cc(Br)ccc21. The van der Waals surface area contributed by atoms with Crippen LogP contribution < -0.4 is 4.80 Å². The molecule has 0 aliphatic carbocycles. The van der Waals surface area contributed by atoms with Crippen molar-refractivity contribution in [3.8, 4) is 0 Å². The van der Waals surface area contributed by atoms with Gasteiger partial charge in [0.15, 0.2) is 4.80 Å². The van der Waals surface area contributed by atoms with Crippen LogP contribution in [0.2, 0.25) is 0 Å². The van der Waals surface area contributed by atoms with Crippen LogP contribution in [0.1, 0.15) is 15.9 Å². The molecule has 0 unspecified atom stereocenters. The fourth-order valence-corrected chi connectivity index (χ4v) is 6.24. The van der Waals surface area contributed by atoms with Gasteiger partial charge in [-0.2, -0.15) is 9.30 Å². The Morgan fingerprint density at radius 2 is 1.75 bits per heavy atom. The summed E-state index contributed by atoms with van der Waals surface area (Å²) < 4.78 is 35.3. The molecule has 4 aromatic rings. The van der Waals surface area contributed by atoms with Crippen molar-refractivity contribution >= 4 is 59.4 Å². The lowest BCUT2D eigenvalue weighted by atomic mass is 10.2. The number of methoxy groups -OCH3 is 1. The van der Waals surface area contributed by atoms with Crippen LogP contribution in [0, 0.1) is 0 Å².